The number of nitrogens with zero attached hydrogens (tertiary/aromatic N) is 1. The minimum absolute atomic E-state index is 0.0339. The van der Waals surface area contributed by atoms with Crippen LogP contribution in [0.1, 0.15) is 19.4 Å². The fraction of sp³-hybridized carbons (Fsp3) is 0.533. The van der Waals surface area contributed by atoms with Crippen molar-refractivity contribution in [2.45, 2.75) is 13.8 Å². The highest BCUT2D eigenvalue weighted by atomic mass is 35.5. The molecule has 6 heteroatoms. The van der Waals surface area contributed by atoms with Crippen molar-refractivity contribution in [2.24, 2.45) is 5.73 Å². The highest BCUT2D eigenvalue weighted by molar-refractivity contribution is 6.34. The van der Waals surface area contributed by atoms with Crippen LogP contribution in [0, 0.1) is 5.41 Å². The number of ether oxygens (including phenoxy) is 2. The minimum Gasteiger partial charge on any atom is -0.384 e. The van der Waals surface area contributed by atoms with Crippen LogP contribution in [0.3, 0.4) is 0 Å². The largest absolute Gasteiger partial charge is 0.384 e. The van der Waals surface area contributed by atoms with E-state index < -0.39 is 0 Å². The van der Waals surface area contributed by atoms with Gasteiger partial charge >= 0.3 is 0 Å². The predicted octanol–water partition coefficient (Wildman–Crippen LogP) is 2.50. The van der Waals surface area contributed by atoms with Crippen LogP contribution in [0.4, 0.5) is 5.69 Å². The molecule has 1 aromatic rings. The van der Waals surface area contributed by atoms with Crippen LogP contribution in [0.2, 0.25) is 5.02 Å². The molecule has 21 heavy (non-hydrogen) atoms. The van der Waals surface area contributed by atoms with Crippen LogP contribution in [-0.4, -0.2) is 45.4 Å². The molecule has 0 aliphatic rings. The first-order chi connectivity index (χ1) is 10.1. The second-order valence-electron chi connectivity index (χ2n) is 4.43. The first-order valence-corrected chi connectivity index (χ1v) is 7.52. The van der Waals surface area contributed by atoms with E-state index >= 15 is 0 Å². The molecular weight excluding hydrogens is 290 g/mol. The van der Waals surface area contributed by atoms with E-state index in [1.165, 1.54) is 0 Å². The van der Waals surface area contributed by atoms with E-state index in [2.05, 4.69) is 4.90 Å². The summed E-state index contributed by atoms with van der Waals surface area (Å²) in [5.74, 6) is -0.0339. The lowest BCUT2D eigenvalue weighted by Gasteiger charge is -2.27. The van der Waals surface area contributed by atoms with Crippen molar-refractivity contribution in [2.75, 3.05) is 44.4 Å². The van der Waals surface area contributed by atoms with Gasteiger partial charge in [0.05, 0.1) is 23.8 Å². The summed E-state index contributed by atoms with van der Waals surface area (Å²) in [6.45, 7) is 7.88. The molecule has 0 spiro atoms. The topological polar surface area (TPSA) is 71.6 Å². The molecule has 0 saturated heterocycles. The second-order valence-corrected chi connectivity index (χ2v) is 4.84. The van der Waals surface area contributed by atoms with Crippen molar-refractivity contribution in [3.8, 4) is 0 Å². The maximum absolute atomic E-state index is 7.74. The van der Waals surface area contributed by atoms with Gasteiger partial charge in [0.2, 0.25) is 0 Å². The Bertz CT molecular complexity index is 445. The number of benzene rings is 1. The van der Waals surface area contributed by atoms with Gasteiger partial charge in [-0.15, -0.1) is 0 Å². The van der Waals surface area contributed by atoms with Gasteiger partial charge in [-0.2, -0.15) is 0 Å². The van der Waals surface area contributed by atoms with E-state index in [0.717, 1.165) is 5.69 Å². The Morgan fingerprint density at radius 3 is 2.24 bits per heavy atom. The summed E-state index contributed by atoms with van der Waals surface area (Å²) in [6.07, 6.45) is 0. The average Bonchev–Trinajstić information content (AvgIpc) is 2.45. The lowest BCUT2D eigenvalue weighted by molar-refractivity contribution is 0.141. The van der Waals surface area contributed by atoms with Crippen molar-refractivity contribution < 1.29 is 9.47 Å². The molecule has 0 amide bonds. The summed E-state index contributed by atoms with van der Waals surface area (Å²) in [7, 11) is 0. The van der Waals surface area contributed by atoms with Crippen LogP contribution in [0.15, 0.2) is 18.2 Å². The third-order valence-corrected chi connectivity index (χ3v) is 3.34. The number of anilines is 1. The third-order valence-electron chi connectivity index (χ3n) is 3.02. The van der Waals surface area contributed by atoms with E-state index in [-0.39, 0.29) is 5.84 Å². The molecule has 3 N–H and O–H groups in total. The number of hydrogen-bond acceptors (Lipinski definition) is 4. The summed E-state index contributed by atoms with van der Waals surface area (Å²) in [6, 6.07) is 5.52. The molecular formula is C15H24ClN3O2. The van der Waals surface area contributed by atoms with Crippen molar-refractivity contribution >= 4 is 23.1 Å². The monoisotopic (exact) mass is 313 g/mol. The van der Waals surface area contributed by atoms with Gasteiger partial charge in [0, 0.05) is 32.0 Å². The van der Waals surface area contributed by atoms with Crippen LogP contribution in [-0.2, 0) is 9.47 Å². The van der Waals surface area contributed by atoms with Gasteiger partial charge in [0.1, 0.15) is 5.84 Å². The third kappa shape index (κ3) is 5.53. The molecule has 0 radical (unpaired) electrons. The van der Waals surface area contributed by atoms with Crippen LogP contribution >= 0.6 is 11.6 Å². The molecule has 5 nitrogen and oxygen atoms in total. The summed E-state index contributed by atoms with van der Waals surface area (Å²) in [4.78, 5) is 2.09. The van der Waals surface area contributed by atoms with E-state index in [0.29, 0.717) is 50.1 Å². The predicted molar refractivity (Wildman–Crippen MR) is 87.7 cm³/mol. The van der Waals surface area contributed by atoms with E-state index in [1.54, 1.807) is 6.07 Å². The van der Waals surface area contributed by atoms with Crippen molar-refractivity contribution in [1.82, 2.24) is 0 Å². The Labute approximate surface area is 131 Å². The molecule has 1 rings (SSSR count). The van der Waals surface area contributed by atoms with Crippen molar-refractivity contribution in [3.05, 3.63) is 28.8 Å². The van der Waals surface area contributed by atoms with Gasteiger partial charge < -0.3 is 20.1 Å². The number of rotatable bonds is 10. The zero-order valence-electron chi connectivity index (χ0n) is 12.7. The lowest BCUT2D eigenvalue weighted by Crippen LogP contribution is -2.33. The molecule has 0 unspecified atom stereocenters. The van der Waals surface area contributed by atoms with Gasteiger partial charge in [0.25, 0.3) is 0 Å². The fourth-order valence-corrected chi connectivity index (χ4v) is 2.31. The Morgan fingerprint density at radius 2 is 1.76 bits per heavy atom. The smallest absolute Gasteiger partial charge is 0.126 e. The molecule has 0 aliphatic heterocycles. The molecule has 0 bridgehead atoms. The maximum atomic E-state index is 7.74. The van der Waals surface area contributed by atoms with Crippen LogP contribution < -0.4 is 10.6 Å². The lowest BCUT2D eigenvalue weighted by atomic mass is 10.1. The van der Waals surface area contributed by atoms with Crippen molar-refractivity contribution in [3.63, 3.8) is 0 Å². The summed E-state index contributed by atoms with van der Waals surface area (Å²) < 4.78 is 10.8. The molecule has 0 aromatic heterocycles. The van der Waals surface area contributed by atoms with E-state index in [4.69, 9.17) is 32.2 Å². The number of nitrogens with one attached hydrogen (secondary N) is 1. The van der Waals surface area contributed by atoms with Gasteiger partial charge in [-0.25, -0.2) is 0 Å². The Kier molecular flexibility index (Phi) is 8.12. The quantitative estimate of drug-likeness (QED) is 0.395. The summed E-state index contributed by atoms with van der Waals surface area (Å²) in [5, 5.41) is 8.23. The molecule has 0 aliphatic carbocycles. The Balaban J connectivity index is 2.95. The highest BCUT2D eigenvalue weighted by Gasteiger charge is 2.15. The van der Waals surface area contributed by atoms with E-state index in [1.807, 2.05) is 26.0 Å². The molecule has 0 heterocycles. The van der Waals surface area contributed by atoms with Crippen LogP contribution in [0.5, 0.6) is 0 Å². The first-order valence-electron chi connectivity index (χ1n) is 7.15. The molecule has 0 saturated carbocycles. The molecule has 0 fully saturated rings. The zero-order valence-corrected chi connectivity index (χ0v) is 13.4. The molecule has 0 atom stereocenters. The normalized spacial score (nSPS) is 10.6. The minimum atomic E-state index is -0.0339. The number of nitrogens with two attached hydrogens (primary N) is 1. The van der Waals surface area contributed by atoms with E-state index in [9.17, 15) is 0 Å². The van der Waals surface area contributed by atoms with Gasteiger partial charge in [-0.1, -0.05) is 17.7 Å². The number of nitrogen functional groups attached to an aromatic ring is 1. The van der Waals surface area contributed by atoms with Crippen molar-refractivity contribution in [1.29, 1.82) is 5.41 Å². The number of amidine groups is 1. The summed E-state index contributed by atoms with van der Waals surface area (Å²) in [5.41, 5.74) is 7.08. The van der Waals surface area contributed by atoms with Gasteiger partial charge in [-0.05, 0) is 26.0 Å². The second kappa shape index (κ2) is 9.60. The SMILES string of the molecule is CCOCCN(CCOCC)c1cccc(Cl)c1C(=N)N. The standard InChI is InChI=1S/C15H24ClN3O2/c1-3-20-10-8-19(9-11-21-4-2)13-7-5-6-12(16)14(13)15(17)18/h5-7H,3-4,8-11H2,1-2H3,(H3,17,18). The number of halogens is 1. The molecule has 1 aromatic carbocycles. The fourth-order valence-electron chi connectivity index (χ4n) is 2.03. The van der Waals surface area contributed by atoms with Crippen LogP contribution in [0.25, 0.3) is 0 Å². The Hall–Kier alpha value is -1.30. The van der Waals surface area contributed by atoms with Gasteiger partial charge in [0.15, 0.2) is 0 Å². The average molecular weight is 314 g/mol. The maximum Gasteiger partial charge on any atom is 0.126 e. The summed E-state index contributed by atoms with van der Waals surface area (Å²) >= 11 is 6.18. The first kappa shape index (κ1) is 17.8. The molecule has 118 valence electrons. The zero-order chi connectivity index (χ0) is 15.7. The Morgan fingerprint density at radius 1 is 1.19 bits per heavy atom. The number of hydrogen-bond donors (Lipinski definition) is 2. The van der Waals surface area contributed by atoms with Gasteiger partial charge in [-0.3, -0.25) is 5.41 Å². The highest BCUT2D eigenvalue weighted by Crippen LogP contribution is 2.27.